The number of hydrogen-bond donors (Lipinski definition) is 1. The van der Waals surface area contributed by atoms with Gasteiger partial charge in [0.1, 0.15) is 0 Å². The first-order valence-corrected chi connectivity index (χ1v) is 7.13. The van der Waals surface area contributed by atoms with E-state index in [1.807, 2.05) is 43.0 Å². The van der Waals surface area contributed by atoms with Gasteiger partial charge in [-0.05, 0) is 44.4 Å². The van der Waals surface area contributed by atoms with Crippen LogP contribution in [0.4, 0.5) is 5.69 Å². The van der Waals surface area contributed by atoms with E-state index in [1.165, 1.54) is 0 Å². The number of methoxy groups -OCH3 is 1. The number of benzene rings is 1. The zero-order chi connectivity index (χ0) is 14.8. The largest absolute Gasteiger partial charge is 0.399 e. The summed E-state index contributed by atoms with van der Waals surface area (Å²) in [5, 5.41) is 0. The number of carbonyl (C=O) groups excluding carboxylic acids is 1. The van der Waals surface area contributed by atoms with Crippen molar-refractivity contribution in [2.45, 2.75) is 38.2 Å². The number of nitrogens with two attached hydrogens (primary N) is 1. The van der Waals surface area contributed by atoms with Gasteiger partial charge in [-0.15, -0.1) is 0 Å². The summed E-state index contributed by atoms with van der Waals surface area (Å²) in [6.07, 6.45) is 2.19. The van der Waals surface area contributed by atoms with Crippen LogP contribution >= 0.6 is 0 Å². The van der Waals surface area contributed by atoms with E-state index in [4.69, 9.17) is 10.5 Å². The van der Waals surface area contributed by atoms with Crippen molar-refractivity contribution in [1.29, 1.82) is 0 Å². The Hall–Kier alpha value is -1.55. The highest BCUT2D eigenvalue weighted by Crippen LogP contribution is 2.28. The van der Waals surface area contributed by atoms with Gasteiger partial charge in [-0.1, -0.05) is 12.1 Å². The van der Waals surface area contributed by atoms with Crippen LogP contribution in [0.25, 0.3) is 0 Å². The molecular formula is C16H24N2O2. The lowest BCUT2D eigenvalue weighted by Gasteiger charge is -2.37. The predicted molar refractivity (Wildman–Crippen MR) is 80.5 cm³/mol. The van der Waals surface area contributed by atoms with Crippen LogP contribution in [-0.4, -0.2) is 37.1 Å². The molecule has 0 aliphatic carbocycles. The molecule has 1 unspecified atom stereocenters. The SMILES string of the molecule is COC1CCCN(C(=O)C(C)(C)c2ccc(N)cc2)C1. The highest BCUT2D eigenvalue weighted by molar-refractivity contribution is 5.87. The van der Waals surface area contributed by atoms with Crippen molar-refractivity contribution in [2.24, 2.45) is 0 Å². The average Bonchev–Trinajstić information content (AvgIpc) is 2.47. The van der Waals surface area contributed by atoms with Crippen LogP contribution in [0.2, 0.25) is 0 Å². The van der Waals surface area contributed by atoms with Gasteiger partial charge in [0.25, 0.3) is 0 Å². The fourth-order valence-corrected chi connectivity index (χ4v) is 2.73. The van der Waals surface area contributed by atoms with Crippen LogP contribution in [0, 0.1) is 0 Å². The summed E-state index contributed by atoms with van der Waals surface area (Å²) < 4.78 is 5.40. The normalized spacial score (nSPS) is 19.9. The molecule has 0 radical (unpaired) electrons. The van der Waals surface area contributed by atoms with Gasteiger partial charge in [0, 0.05) is 25.9 Å². The number of hydrogen-bond acceptors (Lipinski definition) is 3. The van der Waals surface area contributed by atoms with E-state index < -0.39 is 5.41 Å². The fraction of sp³-hybridized carbons (Fsp3) is 0.562. The molecule has 1 atom stereocenters. The van der Waals surface area contributed by atoms with Crippen LogP contribution < -0.4 is 5.73 Å². The molecule has 1 aromatic carbocycles. The molecule has 20 heavy (non-hydrogen) atoms. The smallest absolute Gasteiger partial charge is 0.232 e. The minimum Gasteiger partial charge on any atom is -0.399 e. The molecule has 1 amide bonds. The van der Waals surface area contributed by atoms with Crippen LogP contribution in [0.3, 0.4) is 0 Å². The van der Waals surface area contributed by atoms with E-state index in [-0.39, 0.29) is 12.0 Å². The molecule has 110 valence electrons. The number of amides is 1. The molecule has 1 saturated heterocycles. The van der Waals surface area contributed by atoms with Crippen molar-refractivity contribution in [3.05, 3.63) is 29.8 Å². The highest BCUT2D eigenvalue weighted by atomic mass is 16.5. The molecule has 1 aliphatic rings. The second kappa shape index (κ2) is 5.83. The molecule has 0 aromatic heterocycles. The summed E-state index contributed by atoms with van der Waals surface area (Å²) in [7, 11) is 1.71. The zero-order valence-corrected chi connectivity index (χ0v) is 12.6. The Morgan fingerprint density at radius 2 is 2.00 bits per heavy atom. The average molecular weight is 276 g/mol. The number of nitrogen functional groups attached to an aromatic ring is 1. The number of anilines is 1. The van der Waals surface area contributed by atoms with Gasteiger partial charge in [0.05, 0.1) is 11.5 Å². The maximum Gasteiger partial charge on any atom is 0.232 e. The number of nitrogens with zero attached hydrogens (tertiary/aromatic N) is 1. The summed E-state index contributed by atoms with van der Waals surface area (Å²) in [6, 6.07) is 7.56. The van der Waals surface area contributed by atoms with E-state index in [0.717, 1.165) is 30.6 Å². The van der Waals surface area contributed by atoms with Gasteiger partial charge in [-0.3, -0.25) is 4.79 Å². The molecule has 0 spiro atoms. The van der Waals surface area contributed by atoms with Crippen molar-refractivity contribution in [1.82, 2.24) is 4.90 Å². The van der Waals surface area contributed by atoms with Gasteiger partial charge >= 0.3 is 0 Å². The van der Waals surface area contributed by atoms with Gasteiger partial charge in [-0.25, -0.2) is 0 Å². The third-order valence-corrected chi connectivity index (χ3v) is 4.17. The first-order chi connectivity index (χ1) is 9.45. The molecular weight excluding hydrogens is 252 g/mol. The molecule has 4 heteroatoms. The maximum atomic E-state index is 12.8. The Balaban J connectivity index is 2.16. The van der Waals surface area contributed by atoms with Crippen molar-refractivity contribution >= 4 is 11.6 Å². The molecule has 1 fully saturated rings. The quantitative estimate of drug-likeness (QED) is 0.861. The van der Waals surface area contributed by atoms with Crippen LogP contribution in [0.15, 0.2) is 24.3 Å². The predicted octanol–water partition coefficient (Wildman–Crippen LogP) is 2.18. The Labute approximate surface area is 120 Å². The number of likely N-dealkylation sites (tertiary alicyclic amines) is 1. The molecule has 0 saturated carbocycles. The third kappa shape index (κ3) is 2.96. The Bertz CT molecular complexity index is 468. The van der Waals surface area contributed by atoms with Crippen molar-refractivity contribution in [2.75, 3.05) is 25.9 Å². The Morgan fingerprint density at radius 1 is 1.35 bits per heavy atom. The summed E-state index contributed by atoms with van der Waals surface area (Å²) in [4.78, 5) is 14.7. The number of piperidine rings is 1. The lowest BCUT2D eigenvalue weighted by atomic mass is 9.82. The second-order valence-electron chi connectivity index (χ2n) is 6.00. The van der Waals surface area contributed by atoms with Crippen molar-refractivity contribution in [3.63, 3.8) is 0 Å². The van der Waals surface area contributed by atoms with Gasteiger partial charge in [0.2, 0.25) is 5.91 Å². The standard InChI is InChI=1S/C16H24N2O2/c1-16(2,12-6-8-13(17)9-7-12)15(19)18-10-4-5-14(11-18)20-3/h6-9,14H,4-5,10-11,17H2,1-3H3. The molecule has 1 heterocycles. The topological polar surface area (TPSA) is 55.6 Å². The van der Waals surface area contributed by atoms with E-state index in [1.54, 1.807) is 7.11 Å². The van der Waals surface area contributed by atoms with Gasteiger partial charge in [-0.2, -0.15) is 0 Å². The number of carbonyl (C=O) groups is 1. The summed E-state index contributed by atoms with van der Waals surface area (Å²) in [6.45, 7) is 5.44. The highest BCUT2D eigenvalue weighted by Gasteiger charge is 2.35. The second-order valence-corrected chi connectivity index (χ2v) is 6.00. The lowest BCUT2D eigenvalue weighted by Crippen LogP contribution is -2.49. The van der Waals surface area contributed by atoms with E-state index in [0.29, 0.717) is 6.54 Å². The zero-order valence-electron chi connectivity index (χ0n) is 12.6. The van der Waals surface area contributed by atoms with E-state index in [2.05, 4.69) is 0 Å². The minimum absolute atomic E-state index is 0.157. The summed E-state index contributed by atoms with van der Waals surface area (Å²) in [5.74, 6) is 0.157. The van der Waals surface area contributed by atoms with Crippen molar-refractivity contribution < 1.29 is 9.53 Å². The molecule has 0 bridgehead atoms. The first kappa shape index (κ1) is 14.9. The van der Waals surface area contributed by atoms with Gasteiger partial charge < -0.3 is 15.4 Å². The van der Waals surface area contributed by atoms with Crippen LogP contribution in [0.1, 0.15) is 32.3 Å². The Kier molecular flexibility index (Phi) is 4.33. The van der Waals surface area contributed by atoms with Crippen LogP contribution in [-0.2, 0) is 14.9 Å². The minimum atomic E-state index is -0.538. The molecule has 1 aliphatic heterocycles. The molecule has 2 N–H and O–H groups in total. The summed E-state index contributed by atoms with van der Waals surface area (Å²) >= 11 is 0. The summed E-state index contributed by atoms with van der Waals surface area (Å²) in [5.41, 5.74) is 6.89. The Morgan fingerprint density at radius 3 is 2.60 bits per heavy atom. The maximum absolute atomic E-state index is 12.8. The molecule has 1 aromatic rings. The van der Waals surface area contributed by atoms with E-state index >= 15 is 0 Å². The molecule has 4 nitrogen and oxygen atoms in total. The van der Waals surface area contributed by atoms with Gasteiger partial charge in [0.15, 0.2) is 0 Å². The monoisotopic (exact) mass is 276 g/mol. The molecule has 2 rings (SSSR count). The third-order valence-electron chi connectivity index (χ3n) is 4.17. The number of ether oxygens (including phenoxy) is 1. The van der Waals surface area contributed by atoms with Crippen LogP contribution in [0.5, 0.6) is 0 Å². The first-order valence-electron chi connectivity index (χ1n) is 7.13. The fourth-order valence-electron chi connectivity index (χ4n) is 2.73. The van der Waals surface area contributed by atoms with E-state index in [9.17, 15) is 4.79 Å². The van der Waals surface area contributed by atoms with Crippen molar-refractivity contribution in [3.8, 4) is 0 Å². The number of rotatable bonds is 3. The lowest BCUT2D eigenvalue weighted by molar-refractivity contribution is -0.139.